The third-order valence-corrected chi connectivity index (χ3v) is 6.74. The summed E-state index contributed by atoms with van der Waals surface area (Å²) in [5, 5.41) is 0. The van der Waals surface area contributed by atoms with E-state index >= 15 is 0 Å². The van der Waals surface area contributed by atoms with Gasteiger partial charge in [-0.15, -0.1) is 0 Å². The zero-order valence-electron chi connectivity index (χ0n) is 12.8. The van der Waals surface area contributed by atoms with Gasteiger partial charge in [0.05, 0.1) is 13.2 Å². The van der Waals surface area contributed by atoms with Crippen LogP contribution < -0.4 is 0 Å². The summed E-state index contributed by atoms with van der Waals surface area (Å²) in [4.78, 5) is 2.41. The van der Waals surface area contributed by atoms with Crippen molar-refractivity contribution in [2.75, 3.05) is 52.7 Å². The minimum atomic E-state index is -2.57. The van der Waals surface area contributed by atoms with Gasteiger partial charge in [0.1, 0.15) is 0 Å². The van der Waals surface area contributed by atoms with Crippen molar-refractivity contribution in [3.8, 4) is 0 Å². The first-order chi connectivity index (χ1) is 9.18. The van der Waals surface area contributed by atoms with Crippen molar-refractivity contribution < 1.29 is 18.0 Å². The lowest BCUT2D eigenvalue weighted by molar-refractivity contribution is 0.0249. The molecule has 1 saturated heterocycles. The molecule has 19 heavy (non-hydrogen) atoms. The number of ether oxygens (including phenoxy) is 1. The lowest BCUT2D eigenvalue weighted by Gasteiger charge is -2.37. The Hall–Kier alpha value is 0.0169. The predicted molar refractivity (Wildman–Crippen MR) is 77.3 cm³/mol. The molecule has 0 spiro atoms. The lowest BCUT2D eigenvalue weighted by Crippen LogP contribution is -2.53. The van der Waals surface area contributed by atoms with Crippen molar-refractivity contribution in [1.82, 2.24) is 4.90 Å². The molecule has 114 valence electrons. The Kier molecular flexibility index (Phi) is 8.13. The van der Waals surface area contributed by atoms with Gasteiger partial charge >= 0.3 is 8.80 Å². The Morgan fingerprint density at radius 3 is 1.89 bits per heavy atom. The molecule has 0 aromatic carbocycles. The molecule has 1 fully saturated rings. The summed E-state index contributed by atoms with van der Waals surface area (Å²) in [6.45, 7) is 14.7. The maximum atomic E-state index is 5.95. The average Bonchev–Trinajstić information content (AvgIpc) is 2.40. The quantitative estimate of drug-likeness (QED) is 0.605. The van der Waals surface area contributed by atoms with Crippen LogP contribution in [0, 0.1) is 0 Å². The molecule has 6 heteroatoms. The highest BCUT2D eigenvalue weighted by Crippen LogP contribution is 2.27. The molecule has 1 aliphatic rings. The summed E-state index contributed by atoms with van der Waals surface area (Å²) < 4.78 is 23.2. The van der Waals surface area contributed by atoms with E-state index in [1.165, 1.54) is 0 Å². The van der Waals surface area contributed by atoms with Crippen LogP contribution in [0.15, 0.2) is 0 Å². The largest absolute Gasteiger partial charge is 0.505 e. The van der Waals surface area contributed by atoms with Gasteiger partial charge in [-0.1, -0.05) is 6.92 Å². The molecule has 0 aromatic rings. The van der Waals surface area contributed by atoms with Gasteiger partial charge in [-0.3, -0.25) is 4.90 Å². The number of rotatable bonds is 9. The van der Waals surface area contributed by atoms with Crippen LogP contribution in [0.1, 0.15) is 27.7 Å². The molecule has 1 rings (SSSR count). The first-order valence-corrected chi connectivity index (χ1v) is 9.20. The smallest absolute Gasteiger partial charge is 0.379 e. The molecule has 1 aliphatic heterocycles. The van der Waals surface area contributed by atoms with E-state index in [4.69, 9.17) is 18.0 Å². The molecule has 0 bridgehead atoms. The zero-order chi connectivity index (χ0) is 14.1. The van der Waals surface area contributed by atoms with Crippen molar-refractivity contribution in [3.63, 3.8) is 0 Å². The molecular weight excluding hydrogens is 262 g/mol. The van der Waals surface area contributed by atoms with Gasteiger partial charge < -0.3 is 18.0 Å². The summed E-state index contributed by atoms with van der Waals surface area (Å²) in [6.07, 6.45) is 0. The van der Waals surface area contributed by atoms with Gasteiger partial charge in [-0.25, -0.2) is 0 Å². The fraction of sp³-hybridized carbons (Fsp3) is 1.00. The van der Waals surface area contributed by atoms with Crippen LogP contribution in [0.5, 0.6) is 0 Å². The normalized spacial score (nSPS) is 19.6. The summed E-state index contributed by atoms with van der Waals surface area (Å²) in [6, 6.07) is 0. The maximum Gasteiger partial charge on any atom is 0.505 e. The highest BCUT2D eigenvalue weighted by Gasteiger charge is 2.47. The molecule has 5 nitrogen and oxygen atoms in total. The number of morpholine rings is 1. The lowest BCUT2D eigenvalue weighted by atomic mass is 10.3. The van der Waals surface area contributed by atoms with Crippen molar-refractivity contribution in [1.29, 1.82) is 0 Å². The van der Waals surface area contributed by atoms with Crippen LogP contribution in [0.2, 0.25) is 5.54 Å². The fourth-order valence-electron chi connectivity index (χ4n) is 2.44. The second kappa shape index (κ2) is 9.04. The van der Waals surface area contributed by atoms with Crippen molar-refractivity contribution >= 4 is 8.80 Å². The van der Waals surface area contributed by atoms with Gasteiger partial charge in [0.2, 0.25) is 0 Å². The van der Waals surface area contributed by atoms with Crippen LogP contribution in [0.25, 0.3) is 0 Å². The fourth-order valence-corrected chi connectivity index (χ4v) is 5.23. The highest BCUT2D eigenvalue weighted by atomic mass is 28.4. The Labute approximate surface area is 118 Å². The van der Waals surface area contributed by atoms with Crippen molar-refractivity contribution in [3.05, 3.63) is 0 Å². The van der Waals surface area contributed by atoms with Crippen LogP contribution in [0.3, 0.4) is 0 Å². The first-order valence-electron chi connectivity index (χ1n) is 7.40. The third kappa shape index (κ3) is 5.13. The van der Waals surface area contributed by atoms with Crippen molar-refractivity contribution in [2.45, 2.75) is 33.2 Å². The highest BCUT2D eigenvalue weighted by molar-refractivity contribution is 6.62. The molecule has 1 unspecified atom stereocenters. The minimum absolute atomic E-state index is 0.283. The molecule has 0 N–H and O–H groups in total. The van der Waals surface area contributed by atoms with Gasteiger partial charge in [0.25, 0.3) is 0 Å². The van der Waals surface area contributed by atoms with Gasteiger partial charge in [-0.05, 0) is 20.8 Å². The average molecular weight is 291 g/mol. The minimum Gasteiger partial charge on any atom is -0.379 e. The SMILES string of the molecule is CCO[Si](OCC)(OCC)C(C)CN1CCOCC1. The van der Waals surface area contributed by atoms with Crippen LogP contribution >= 0.6 is 0 Å². The van der Waals surface area contributed by atoms with Gasteiger partial charge in [0, 0.05) is 45.0 Å². The van der Waals surface area contributed by atoms with Gasteiger partial charge in [-0.2, -0.15) is 0 Å². The maximum absolute atomic E-state index is 5.95. The van der Waals surface area contributed by atoms with Gasteiger partial charge in [0.15, 0.2) is 0 Å². The zero-order valence-corrected chi connectivity index (χ0v) is 13.8. The molecular formula is C13H29NO4Si. The van der Waals surface area contributed by atoms with E-state index in [0.717, 1.165) is 32.8 Å². The Balaban J connectivity index is 2.64. The molecule has 1 heterocycles. The Morgan fingerprint density at radius 2 is 1.47 bits per heavy atom. The Morgan fingerprint density at radius 1 is 1.00 bits per heavy atom. The van der Waals surface area contributed by atoms with E-state index in [1.807, 2.05) is 20.8 Å². The van der Waals surface area contributed by atoms with Crippen LogP contribution in [-0.2, 0) is 18.0 Å². The molecule has 0 aliphatic carbocycles. The summed E-state index contributed by atoms with van der Waals surface area (Å²) in [5.41, 5.74) is 0.283. The van der Waals surface area contributed by atoms with E-state index < -0.39 is 8.80 Å². The summed E-state index contributed by atoms with van der Waals surface area (Å²) >= 11 is 0. The summed E-state index contributed by atoms with van der Waals surface area (Å²) in [5.74, 6) is 0. The molecule has 0 radical (unpaired) electrons. The topological polar surface area (TPSA) is 40.2 Å². The predicted octanol–water partition coefficient (Wildman–Crippen LogP) is 1.76. The molecule has 0 aromatic heterocycles. The van der Waals surface area contributed by atoms with E-state index in [2.05, 4.69) is 11.8 Å². The van der Waals surface area contributed by atoms with E-state index in [0.29, 0.717) is 19.8 Å². The van der Waals surface area contributed by atoms with E-state index in [-0.39, 0.29) is 5.54 Å². The Bertz CT molecular complexity index is 220. The second-order valence-corrected chi connectivity index (χ2v) is 7.78. The summed E-state index contributed by atoms with van der Waals surface area (Å²) in [7, 11) is -2.57. The number of hydrogen-bond donors (Lipinski definition) is 0. The van der Waals surface area contributed by atoms with Crippen LogP contribution in [-0.4, -0.2) is 66.4 Å². The van der Waals surface area contributed by atoms with Crippen LogP contribution in [0.4, 0.5) is 0 Å². The monoisotopic (exact) mass is 291 g/mol. The van der Waals surface area contributed by atoms with E-state index in [9.17, 15) is 0 Å². The molecule has 1 atom stereocenters. The molecule has 0 amide bonds. The first kappa shape index (κ1) is 17.1. The number of hydrogen-bond acceptors (Lipinski definition) is 5. The molecule has 0 saturated carbocycles. The number of nitrogens with zero attached hydrogens (tertiary/aromatic N) is 1. The van der Waals surface area contributed by atoms with E-state index in [1.54, 1.807) is 0 Å². The third-order valence-electron chi connectivity index (χ3n) is 3.28. The second-order valence-electron chi connectivity index (χ2n) is 4.72. The van der Waals surface area contributed by atoms with Crippen molar-refractivity contribution in [2.24, 2.45) is 0 Å². The standard InChI is InChI=1S/C13H29NO4Si/c1-5-16-19(17-6-2,18-7-3)13(4)12-14-8-10-15-11-9-14/h13H,5-12H2,1-4H3.